The van der Waals surface area contributed by atoms with Crippen LogP contribution in [0.25, 0.3) is 0 Å². The van der Waals surface area contributed by atoms with Gasteiger partial charge in [-0.3, -0.25) is 0 Å². The smallest absolute Gasteiger partial charge is 0.0568 e. The van der Waals surface area contributed by atoms with Gasteiger partial charge in [0, 0.05) is 0 Å². The van der Waals surface area contributed by atoms with Crippen LogP contribution in [0.4, 0.5) is 0 Å². The van der Waals surface area contributed by atoms with Crippen LogP contribution in [0, 0.1) is 6.92 Å². The van der Waals surface area contributed by atoms with E-state index in [0.29, 0.717) is 0 Å². The molecule has 2 nitrogen and oxygen atoms in total. The summed E-state index contributed by atoms with van der Waals surface area (Å²) in [4.78, 5) is 0. The summed E-state index contributed by atoms with van der Waals surface area (Å²) in [6.07, 6.45) is 9.99. The Hall–Kier alpha value is -2.48. The summed E-state index contributed by atoms with van der Waals surface area (Å²) in [6.45, 7) is 4.12. The van der Waals surface area contributed by atoms with Crippen LogP contribution in [0.1, 0.15) is 35.6 Å². The van der Waals surface area contributed by atoms with Gasteiger partial charge in [-0.05, 0) is 43.4 Å². The number of hydrogen-bond acceptors (Lipinski definition) is 2. The lowest BCUT2D eigenvalue weighted by Crippen LogP contribution is -1.86. The lowest BCUT2D eigenvalue weighted by atomic mass is 10.1. The minimum absolute atomic E-state index is 1.06. The van der Waals surface area contributed by atoms with Gasteiger partial charge in [0.25, 0.3) is 0 Å². The van der Waals surface area contributed by atoms with E-state index in [2.05, 4.69) is 72.6 Å². The lowest BCUT2D eigenvalue weighted by Gasteiger charge is -1.98. The first-order valence-electron chi connectivity index (χ1n) is 7.61. The molecule has 0 saturated carbocycles. The fourth-order valence-corrected chi connectivity index (χ4v) is 2.04. The molecule has 0 bridgehead atoms. The van der Waals surface area contributed by atoms with Crippen molar-refractivity contribution in [1.29, 1.82) is 0 Å². The number of nitrogens with zero attached hydrogens (tertiary/aromatic N) is 2. The molecule has 0 aliphatic heterocycles. The van der Waals surface area contributed by atoms with Gasteiger partial charge in [-0.15, -0.1) is 0 Å². The quantitative estimate of drug-likeness (QED) is 0.408. The highest BCUT2D eigenvalue weighted by Crippen LogP contribution is 2.06. The van der Waals surface area contributed by atoms with Crippen molar-refractivity contribution >= 4 is 12.4 Å². The van der Waals surface area contributed by atoms with E-state index in [1.54, 1.807) is 12.4 Å². The largest absolute Gasteiger partial charge is 0.159 e. The third-order valence-corrected chi connectivity index (χ3v) is 3.37. The molecule has 22 heavy (non-hydrogen) atoms. The molecule has 0 unspecified atom stereocenters. The molecule has 2 aromatic rings. The minimum Gasteiger partial charge on any atom is -0.159 e. The van der Waals surface area contributed by atoms with Gasteiger partial charge in [-0.25, -0.2) is 0 Å². The molecule has 0 fully saturated rings. The first-order chi connectivity index (χ1) is 10.8. The van der Waals surface area contributed by atoms with Crippen LogP contribution in [0.3, 0.4) is 0 Å². The highest BCUT2D eigenvalue weighted by Gasteiger charge is 1.92. The Morgan fingerprint density at radius 3 is 1.91 bits per heavy atom. The van der Waals surface area contributed by atoms with Crippen LogP contribution in [-0.4, -0.2) is 12.4 Å². The molecule has 0 spiro atoms. The van der Waals surface area contributed by atoms with E-state index in [4.69, 9.17) is 0 Å². The van der Waals surface area contributed by atoms with E-state index in [1.807, 2.05) is 12.1 Å². The molecule has 0 saturated heterocycles. The van der Waals surface area contributed by atoms with Gasteiger partial charge in [0.05, 0.1) is 12.4 Å². The summed E-state index contributed by atoms with van der Waals surface area (Å²) < 4.78 is 0. The molecule has 2 heteroatoms. The van der Waals surface area contributed by atoms with Gasteiger partial charge < -0.3 is 0 Å². The van der Waals surface area contributed by atoms with E-state index in [0.717, 1.165) is 24.0 Å². The number of rotatable bonds is 6. The van der Waals surface area contributed by atoms with Crippen molar-refractivity contribution in [2.75, 3.05) is 0 Å². The molecular weight excluding hydrogens is 268 g/mol. The minimum atomic E-state index is 1.06. The molecule has 0 atom stereocenters. The van der Waals surface area contributed by atoms with Crippen molar-refractivity contribution < 1.29 is 0 Å². The fourth-order valence-electron chi connectivity index (χ4n) is 2.04. The Kier molecular flexibility index (Phi) is 6.31. The van der Waals surface area contributed by atoms with Crippen molar-refractivity contribution in [3.8, 4) is 0 Å². The van der Waals surface area contributed by atoms with Crippen LogP contribution >= 0.6 is 0 Å². The summed E-state index contributed by atoms with van der Waals surface area (Å²) in [5.41, 5.74) is 4.71. The first kappa shape index (κ1) is 15.9. The van der Waals surface area contributed by atoms with Crippen LogP contribution in [-0.2, 0) is 6.42 Å². The van der Waals surface area contributed by atoms with Crippen molar-refractivity contribution in [1.82, 2.24) is 0 Å². The predicted octanol–water partition coefficient (Wildman–Crippen LogP) is 4.96. The molecule has 0 amide bonds. The van der Waals surface area contributed by atoms with E-state index >= 15 is 0 Å². The zero-order valence-corrected chi connectivity index (χ0v) is 13.2. The van der Waals surface area contributed by atoms with Gasteiger partial charge in [-0.1, -0.05) is 66.2 Å². The fraction of sp³-hybridized carbons (Fsp3) is 0.200. The lowest BCUT2D eigenvalue weighted by molar-refractivity contribution is 0.999. The van der Waals surface area contributed by atoms with Gasteiger partial charge in [-0.2, -0.15) is 10.2 Å². The maximum Gasteiger partial charge on any atom is 0.0568 e. The summed E-state index contributed by atoms with van der Waals surface area (Å²) >= 11 is 0. The zero-order chi connectivity index (χ0) is 15.6. The Labute approximate surface area is 132 Å². The van der Waals surface area contributed by atoms with E-state index in [-0.39, 0.29) is 0 Å². The Balaban J connectivity index is 1.88. The average molecular weight is 290 g/mol. The summed E-state index contributed by atoms with van der Waals surface area (Å²) in [7, 11) is 0. The topological polar surface area (TPSA) is 24.7 Å². The maximum absolute atomic E-state index is 4.10. The molecule has 2 rings (SSSR count). The highest BCUT2D eigenvalue weighted by molar-refractivity contribution is 5.82. The third kappa shape index (κ3) is 5.49. The normalized spacial score (nSPS) is 11.9. The summed E-state index contributed by atoms with van der Waals surface area (Å²) in [5, 5.41) is 8.18. The van der Waals surface area contributed by atoms with Gasteiger partial charge >= 0.3 is 0 Å². The van der Waals surface area contributed by atoms with E-state index in [1.165, 1.54) is 11.1 Å². The molecule has 0 aromatic heterocycles. The summed E-state index contributed by atoms with van der Waals surface area (Å²) in [5.74, 6) is 0. The highest BCUT2D eigenvalue weighted by atomic mass is 15.2. The number of hydrogen-bond donors (Lipinski definition) is 0. The molecule has 112 valence electrons. The van der Waals surface area contributed by atoms with E-state index in [9.17, 15) is 0 Å². The molecular formula is C20H22N2. The van der Waals surface area contributed by atoms with Gasteiger partial charge in [0.2, 0.25) is 0 Å². The van der Waals surface area contributed by atoms with Crippen LogP contribution in [0.5, 0.6) is 0 Å². The van der Waals surface area contributed by atoms with Crippen molar-refractivity contribution in [3.05, 3.63) is 82.9 Å². The number of aryl methyl sites for hydroxylation is 2. The zero-order valence-electron chi connectivity index (χ0n) is 13.2. The standard InChI is InChI=1S/C20H22N2/c1-3-4-5-6-18-11-13-20(14-12-18)16-22-21-15-19-9-7-17(2)8-10-19/h3-4,7-16H,5-6H2,1-2H3/b4-3+,21-15+,22-16+. The van der Waals surface area contributed by atoms with Crippen molar-refractivity contribution in [2.45, 2.75) is 26.7 Å². The van der Waals surface area contributed by atoms with Crippen molar-refractivity contribution in [3.63, 3.8) is 0 Å². The second-order valence-electron chi connectivity index (χ2n) is 5.25. The molecule has 0 heterocycles. The number of allylic oxidation sites excluding steroid dienone is 2. The van der Waals surface area contributed by atoms with Crippen LogP contribution in [0.2, 0.25) is 0 Å². The summed E-state index contributed by atoms with van der Waals surface area (Å²) in [6, 6.07) is 16.7. The van der Waals surface area contributed by atoms with Gasteiger partial charge in [0.15, 0.2) is 0 Å². The van der Waals surface area contributed by atoms with Crippen LogP contribution < -0.4 is 0 Å². The first-order valence-corrected chi connectivity index (χ1v) is 7.61. The molecule has 0 aliphatic carbocycles. The molecule has 2 aromatic carbocycles. The molecule has 0 radical (unpaired) electrons. The second-order valence-corrected chi connectivity index (χ2v) is 5.25. The van der Waals surface area contributed by atoms with Gasteiger partial charge in [0.1, 0.15) is 0 Å². The maximum atomic E-state index is 4.10. The Morgan fingerprint density at radius 2 is 1.36 bits per heavy atom. The Bertz CT molecular complexity index is 647. The monoisotopic (exact) mass is 290 g/mol. The Morgan fingerprint density at radius 1 is 0.818 bits per heavy atom. The second kappa shape index (κ2) is 8.73. The number of benzene rings is 2. The molecule has 0 aliphatic rings. The third-order valence-electron chi connectivity index (χ3n) is 3.37. The predicted molar refractivity (Wildman–Crippen MR) is 95.9 cm³/mol. The average Bonchev–Trinajstić information content (AvgIpc) is 2.55. The van der Waals surface area contributed by atoms with E-state index < -0.39 is 0 Å². The SMILES string of the molecule is C/C=C/CCc1ccc(/C=N/N=C/c2ccc(C)cc2)cc1. The van der Waals surface area contributed by atoms with Crippen molar-refractivity contribution in [2.24, 2.45) is 10.2 Å². The van der Waals surface area contributed by atoms with Crippen LogP contribution in [0.15, 0.2) is 70.9 Å². The molecule has 0 N–H and O–H groups in total.